The van der Waals surface area contributed by atoms with Gasteiger partial charge in [-0.3, -0.25) is 0 Å². The van der Waals surface area contributed by atoms with E-state index in [4.69, 9.17) is 5.11 Å². The van der Waals surface area contributed by atoms with E-state index in [1.807, 2.05) is 6.92 Å². The van der Waals surface area contributed by atoms with E-state index in [1.165, 1.54) is 30.3 Å². The molecule has 0 saturated carbocycles. The summed E-state index contributed by atoms with van der Waals surface area (Å²) in [5.41, 5.74) is 2.08. The maximum Gasteiger partial charge on any atom is 0.335 e. The number of phenols is 1. The highest BCUT2D eigenvalue weighted by molar-refractivity contribution is 5.89. The summed E-state index contributed by atoms with van der Waals surface area (Å²) in [5, 5.41) is 21.6. The van der Waals surface area contributed by atoms with Gasteiger partial charge in [0.2, 0.25) is 0 Å². The molecule has 5 heteroatoms. The number of aromatic hydroxyl groups is 1. The third-order valence-electron chi connectivity index (χ3n) is 3.00. The highest BCUT2D eigenvalue weighted by Crippen LogP contribution is 2.22. The number of carbonyl (C=O) groups is 1. The lowest BCUT2D eigenvalue weighted by Gasteiger charge is -2.11. The Kier molecular flexibility index (Phi) is 3.89. The van der Waals surface area contributed by atoms with Crippen LogP contribution in [0.4, 0.5) is 10.1 Å². The molecule has 4 nitrogen and oxygen atoms in total. The Morgan fingerprint density at radius 2 is 2.00 bits per heavy atom. The second kappa shape index (κ2) is 5.61. The van der Waals surface area contributed by atoms with Gasteiger partial charge in [-0.15, -0.1) is 0 Å². The fourth-order valence-electron chi connectivity index (χ4n) is 1.83. The third-order valence-corrected chi connectivity index (χ3v) is 3.00. The number of anilines is 1. The van der Waals surface area contributed by atoms with Crippen LogP contribution in [0.3, 0.4) is 0 Å². The van der Waals surface area contributed by atoms with Crippen LogP contribution in [0.2, 0.25) is 0 Å². The summed E-state index contributed by atoms with van der Waals surface area (Å²) in [6.45, 7) is 2.03. The Morgan fingerprint density at radius 3 is 2.70 bits per heavy atom. The molecule has 0 aliphatic rings. The normalized spacial score (nSPS) is 10.3. The van der Waals surface area contributed by atoms with Gasteiger partial charge < -0.3 is 15.5 Å². The molecule has 0 saturated heterocycles. The number of nitrogens with one attached hydrogen (secondary N) is 1. The standard InChI is InChI=1S/C15H14FNO3/c1-9-2-3-10(15(19)20)7-13(9)17-8-11-6-12(16)4-5-14(11)18/h2-7,17-18H,8H2,1H3,(H,19,20). The largest absolute Gasteiger partial charge is 0.508 e. The van der Waals surface area contributed by atoms with E-state index in [9.17, 15) is 14.3 Å². The van der Waals surface area contributed by atoms with Crippen molar-refractivity contribution in [2.75, 3.05) is 5.32 Å². The summed E-state index contributed by atoms with van der Waals surface area (Å²) in [7, 11) is 0. The van der Waals surface area contributed by atoms with E-state index in [2.05, 4.69) is 5.32 Å². The lowest BCUT2D eigenvalue weighted by molar-refractivity contribution is 0.0697. The van der Waals surface area contributed by atoms with Crippen LogP contribution in [0.1, 0.15) is 21.5 Å². The predicted octanol–water partition coefficient (Wildman–Crippen LogP) is 3.15. The average molecular weight is 275 g/mol. The molecule has 0 unspecified atom stereocenters. The van der Waals surface area contributed by atoms with Gasteiger partial charge in [0.15, 0.2) is 0 Å². The van der Waals surface area contributed by atoms with Crippen LogP contribution in [-0.2, 0) is 6.54 Å². The van der Waals surface area contributed by atoms with Crippen LogP contribution in [0.25, 0.3) is 0 Å². The van der Waals surface area contributed by atoms with Gasteiger partial charge in [0, 0.05) is 17.8 Å². The van der Waals surface area contributed by atoms with Crippen molar-refractivity contribution in [2.24, 2.45) is 0 Å². The molecule has 2 aromatic carbocycles. The first-order valence-corrected chi connectivity index (χ1v) is 6.02. The molecule has 0 radical (unpaired) electrons. The minimum atomic E-state index is -1.01. The number of rotatable bonds is 4. The summed E-state index contributed by atoms with van der Waals surface area (Å²) < 4.78 is 13.1. The Balaban J connectivity index is 2.20. The molecule has 0 heterocycles. The first-order chi connectivity index (χ1) is 9.47. The molecule has 2 aromatic rings. The average Bonchev–Trinajstić information content (AvgIpc) is 2.41. The quantitative estimate of drug-likeness (QED) is 0.801. The molecule has 0 amide bonds. The lowest BCUT2D eigenvalue weighted by atomic mass is 10.1. The number of carboxylic acids is 1. The maximum atomic E-state index is 13.1. The molecule has 104 valence electrons. The predicted molar refractivity (Wildman–Crippen MR) is 73.5 cm³/mol. The highest BCUT2D eigenvalue weighted by atomic mass is 19.1. The summed E-state index contributed by atoms with van der Waals surface area (Å²) in [6, 6.07) is 8.41. The van der Waals surface area contributed by atoms with Crippen molar-refractivity contribution >= 4 is 11.7 Å². The number of phenolic OH excluding ortho intramolecular Hbond substituents is 1. The van der Waals surface area contributed by atoms with Crippen LogP contribution in [-0.4, -0.2) is 16.2 Å². The Labute approximate surface area is 115 Å². The number of halogens is 1. The molecular formula is C15H14FNO3. The van der Waals surface area contributed by atoms with Crippen molar-refractivity contribution in [1.29, 1.82) is 0 Å². The number of aryl methyl sites for hydroxylation is 1. The minimum absolute atomic E-state index is 0.00839. The van der Waals surface area contributed by atoms with Gasteiger partial charge >= 0.3 is 5.97 Å². The van der Waals surface area contributed by atoms with Gasteiger partial charge in [-0.1, -0.05) is 6.07 Å². The number of hydrogen-bond acceptors (Lipinski definition) is 3. The van der Waals surface area contributed by atoms with E-state index in [0.29, 0.717) is 11.3 Å². The van der Waals surface area contributed by atoms with Crippen LogP contribution < -0.4 is 5.32 Å². The van der Waals surface area contributed by atoms with Crippen LogP contribution >= 0.6 is 0 Å². The maximum absolute atomic E-state index is 13.1. The van der Waals surface area contributed by atoms with Crippen molar-refractivity contribution in [2.45, 2.75) is 13.5 Å². The summed E-state index contributed by atoms with van der Waals surface area (Å²) in [4.78, 5) is 10.9. The van der Waals surface area contributed by atoms with Crippen molar-refractivity contribution in [3.8, 4) is 5.75 Å². The fraction of sp³-hybridized carbons (Fsp3) is 0.133. The van der Waals surface area contributed by atoms with Gasteiger partial charge in [0.25, 0.3) is 0 Å². The van der Waals surface area contributed by atoms with E-state index in [0.717, 1.165) is 5.56 Å². The molecule has 0 fully saturated rings. The van der Waals surface area contributed by atoms with Gasteiger partial charge in [-0.2, -0.15) is 0 Å². The van der Waals surface area contributed by atoms with Crippen molar-refractivity contribution in [3.05, 3.63) is 58.9 Å². The Hall–Kier alpha value is -2.56. The topological polar surface area (TPSA) is 69.6 Å². The molecule has 0 aliphatic heterocycles. The molecule has 3 N–H and O–H groups in total. The molecule has 0 atom stereocenters. The van der Waals surface area contributed by atoms with Gasteiger partial charge in [-0.05, 0) is 42.8 Å². The number of benzene rings is 2. The highest BCUT2D eigenvalue weighted by Gasteiger charge is 2.07. The fourth-order valence-corrected chi connectivity index (χ4v) is 1.83. The molecule has 0 bridgehead atoms. The van der Waals surface area contributed by atoms with E-state index in [1.54, 1.807) is 6.07 Å². The minimum Gasteiger partial charge on any atom is -0.508 e. The van der Waals surface area contributed by atoms with E-state index < -0.39 is 11.8 Å². The third kappa shape index (κ3) is 3.06. The zero-order valence-corrected chi connectivity index (χ0v) is 10.9. The van der Waals surface area contributed by atoms with Crippen LogP contribution in [0.15, 0.2) is 36.4 Å². The molecular weight excluding hydrogens is 261 g/mol. The molecule has 0 aromatic heterocycles. The molecule has 0 aliphatic carbocycles. The van der Waals surface area contributed by atoms with Crippen LogP contribution in [0.5, 0.6) is 5.75 Å². The second-order valence-electron chi connectivity index (χ2n) is 4.46. The van der Waals surface area contributed by atoms with Crippen molar-refractivity contribution < 1.29 is 19.4 Å². The summed E-state index contributed by atoms with van der Waals surface area (Å²) >= 11 is 0. The SMILES string of the molecule is Cc1ccc(C(=O)O)cc1NCc1cc(F)ccc1O. The van der Waals surface area contributed by atoms with E-state index >= 15 is 0 Å². The Bertz CT molecular complexity index is 656. The van der Waals surface area contributed by atoms with Gasteiger partial charge in [0.05, 0.1) is 5.56 Å². The zero-order valence-electron chi connectivity index (χ0n) is 10.9. The smallest absolute Gasteiger partial charge is 0.335 e. The number of aromatic carboxylic acids is 1. The van der Waals surface area contributed by atoms with Crippen molar-refractivity contribution in [1.82, 2.24) is 0 Å². The van der Waals surface area contributed by atoms with Gasteiger partial charge in [0.1, 0.15) is 11.6 Å². The number of hydrogen-bond donors (Lipinski definition) is 3. The van der Waals surface area contributed by atoms with E-state index in [-0.39, 0.29) is 17.9 Å². The molecule has 0 spiro atoms. The summed E-state index contributed by atoms with van der Waals surface area (Å²) in [5.74, 6) is -1.46. The first-order valence-electron chi connectivity index (χ1n) is 6.02. The zero-order chi connectivity index (χ0) is 14.7. The second-order valence-corrected chi connectivity index (χ2v) is 4.46. The Morgan fingerprint density at radius 1 is 1.25 bits per heavy atom. The summed E-state index contributed by atoms with van der Waals surface area (Å²) in [6.07, 6.45) is 0. The van der Waals surface area contributed by atoms with Gasteiger partial charge in [-0.25, -0.2) is 9.18 Å². The monoisotopic (exact) mass is 275 g/mol. The molecule has 2 rings (SSSR count). The number of carboxylic acid groups (broad SMARTS) is 1. The lowest BCUT2D eigenvalue weighted by Crippen LogP contribution is -2.04. The molecule has 20 heavy (non-hydrogen) atoms. The van der Waals surface area contributed by atoms with Crippen molar-refractivity contribution in [3.63, 3.8) is 0 Å². The van der Waals surface area contributed by atoms with Crippen LogP contribution in [0, 0.1) is 12.7 Å². The first kappa shape index (κ1) is 13.9.